The molecule has 8 nitrogen and oxygen atoms in total. The smallest absolute Gasteiger partial charge is 0.254 e. The number of pyridine rings is 1. The van der Waals surface area contributed by atoms with Crippen molar-refractivity contribution in [2.24, 2.45) is 0 Å². The Morgan fingerprint density at radius 1 is 1.37 bits per heavy atom. The highest BCUT2D eigenvalue weighted by Gasteiger charge is 2.38. The van der Waals surface area contributed by atoms with Crippen LogP contribution in [0.5, 0.6) is 0 Å². The van der Waals surface area contributed by atoms with Gasteiger partial charge in [-0.15, -0.1) is 0 Å². The highest BCUT2D eigenvalue weighted by molar-refractivity contribution is 5.86. The maximum Gasteiger partial charge on any atom is 0.254 e. The maximum atomic E-state index is 13.1. The summed E-state index contributed by atoms with van der Waals surface area (Å²) in [7, 11) is 1.74. The summed E-state index contributed by atoms with van der Waals surface area (Å²) in [5, 5.41) is 10.4. The number of ether oxygens (including phenoxy) is 1. The Bertz CT molecular complexity index is 835. The number of carbonyl (C=O) groups excluding carboxylic acids is 2. The van der Waals surface area contributed by atoms with Gasteiger partial charge in [-0.3, -0.25) is 19.7 Å². The van der Waals surface area contributed by atoms with Crippen LogP contribution in [-0.4, -0.2) is 51.7 Å². The van der Waals surface area contributed by atoms with Crippen LogP contribution >= 0.6 is 0 Å². The van der Waals surface area contributed by atoms with E-state index in [0.29, 0.717) is 6.54 Å². The second-order valence-corrected chi connectivity index (χ2v) is 7.09. The van der Waals surface area contributed by atoms with Gasteiger partial charge in [0.05, 0.1) is 18.3 Å². The van der Waals surface area contributed by atoms with Crippen molar-refractivity contribution in [2.45, 2.75) is 44.4 Å². The largest absolute Gasteiger partial charge is 0.356 e. The second kappa shape index (κ2) is 7.48. The number of aromatic amines is 1. The van der Waals surface area contributed by atoms with E-state index in [-0.39, 0.29) is 18.4 Å². The number of nitrogens with zero attached hydrogens (tertiary/aromatic N) is 3. The van der Waals surface area contributed by atoms with Crippen molar-refractivity contribution < 1.29 is 14.3 Å². The predicted octanol–water partition coefficient (Wildman–Crippen LogP) is 0.898. The number of hydrogen-bond acceptors (Lipinski definition) is 5. The molecule has 0 aromatic carbocycles. The van der Waals surface area contributed by atoms with Crippen LogP contribution in [0.15, 0.2) is 24.5 Å². The van der Waals surface area contributed by atoms with Crippen LogP contribution in [0.3, 0.4) is 0 Å². The van der Waals surface area contributed by atoms with Gasteiger partial charge in [-0.2, -0.15) is 5.10 Å². The molecule has 142 valence electrons. The van der Waals surface area contributed by atoms with E-state index >= 15 is 0 Å². The van der Waals surface area contributed by atoms with Crippen LogP contribution in [0, 0.1) is 0 Å². The number of morpholine rings is 1. The van der Waals surface area contributed by atoms with E-state index in [1.165, 1.54) is 17.7 Å². The summed E-state index contributed by atoms with van der Waals surface area (Å²) in [6.45, 7) is 0.289. The topological polar surface area (TPSA) is 100 Å². The Labute approximate surface area is 157 Å². The highest BCUT2D eigenvalue weighted by atomic mass is 16.5. The number of hydrogen-bond donors (Lipinski definition) is 2. The van der Waals surface area contributed by atoms with Gasteiger partial charge in [-0.1, -0.05) is 6.07 Å². The van der Waals surface area contributed by atoms with E-state index in [1.807, 2.05) is 6.07 Å². The Morgan fingerprint density at radius 2 is 2.22 bits per heavy atom. The van der Waals surface area contributed by atoms with Gasteiger partial charge in [0, 0.05) is 25.1 Å². The van der Waals surface area contributed by atoms with Gasteiger partial charge < -0.3 is 15.0 Å². The molecular formula is C19H23N5O3. The van der Waals surface area contributed by atoms with E-state index < -0.39 is 12.1 Å². The van der Waals surface area contributed by atoms with Crippen molar-refractivity contribution in [1.82, 2.24) is 25.4 Å². The Kier molecular flexibility index (Phi) is 4.89. The van der Waals surface area contributed by atoms with Crippen LogP contribution in [-0.2, 0) is 33.7 Å². The van der Waals surface area contributed by atoms with Gasteiger partial charge in [0.2, 0.25) is 5.91 Å². The molecule has 0 bridgehead atoms. The number of nitrogens with one attached hydrogen (secondary N) is 2. The maximum absolute atomic E-state index is 13.1. The van der Waals surface area contributed by atoms with Gasteiger partial charge >= 0.3 is 0 Å². The SMILES string of the molecule is CN(Cc1n[nH]c2c1CCCC2)C(=O)[C@H]1OCC(=O)N[C@@H]1c1cccnc1. The summed E-state index contributed by atoms with van der Waals surface area (Å²) in [6.07, 6.45) is 6.84. The fourth-order valence-corrected chi connectivity index (χ4v) is 3.78. The molecule has 0 saturated carbocycles. The van der Waals surface area contributed by atoms with Crippen molar-refractivity contribution in [3.63, 3.8) is 0 Å². The number of rotatable bonds is 4. The molecule has 2 amide bonds. The molecule has 1 fully saturated rings. The molecule has 2 atom stereocenters. The molecule has 3 heterocycles. The fraction of sp³-hybridized carbons (Fsp3) is 0.474. The monoisotopic (exact) mass is 369 g/mol. The van der Waals surface area contributed by atoms with Gasteiger partial charge in [-0.05, 0) is 42.9 Å². The van der Waals surface area contributed by atoms with Crippen molar-refractivity contribution in [3.05, 3.63) is 47.0 Å². The first-order valence-corrected chi connectivity index (χ1v) is 9.24. The molecule has 4 rings (SSSR count). The lowest BCUT2D eigenvalue weighted by molar-refractivity contribution is -0.154. The molecule has 1 aliphatic carbocycles. The van der Waals surface area contributed by atoms with Gasteiger partial charge in [-0.25, -0.2) is 0 Å². The van der Waals surface area contributed by atoms with Gasteiger partial charge in [0.15, 0.2) is 6.10 Å². The predicted molar refractivity (Wildman–Crippen MR) is 96.6 cm³/mol. The number of likely N-dealkylation sites (N-methyl/N-ethyl adjacent to an activating group) is 1. The summed E-state index contributed by atoms with van der Waals surface area (Å²) in [6, 6.07) is 3.05. The minimum Gasteiger partial charge on any atom is -0.356 e. The van der Waals surface area contributed by atoms with Crippen LogP contribution in [0.4, 0.5) is 0 Å². The van der Waals surface area contributed by atoms with Crippen LogP contribution < -0.4 is 5.32 Å². The third kappa shape index (κ3) is 3.57. The number of carbonyl (C=O) groups is 2. The Hall–Kier alpha value is -2.74. The van der Waals surface area contributed by atoms with Crippen molar-refractivity contribution in [1.29, 1.82) is 0 Å². The molecule has 2 aromatic heterocycles. The van der Waals surface area contributed by atoms with Crippen LogP contribution in [0.2, 0.25) is 0 Å². The first kappa shape index (κ1) is 17.7. The minimum absolute atomic E-state index is 0.126. The summed E-state index contributed by atoms with van der Waals surface area (Å²) in [5.41, 5.74) is 4.09. The van der Waals surface area contributed by atoms with Gasteiger partial charge in [0.1, 0.15) is 6.61 Å². The Balaban J connectivity index is 1.51. The van der Waals surface area contributed by atoms with Crippen molar-refractivity contribution >= 4 is 11.8 Å². The Morgan fingerprint density at radius 3 is 3.04 bits per heavy atom. The zero-order valence-corrected chi connectivity index (χ0v) is 15.3. The molecule has 0 unspecified atom stereocenters. The number of aryl methyl sites for hydroxylation is 1. The molecule has 0 radical (unpaired) electrons. The molecule has 2 aliphatic rings. The van der Waals surface area contributed by atoms with Crippen molar-refractivity contribution in [3.8, 4) is 0 Å². The average Bonchev–Trinajstić information content (AvgIpc) is 3.11. The van der Waals surface area contributed by atoms with E-state index in [2.05, 4.69) is 20.5 Å². The molecular weight excluding hydrogens is 346 g/mol. The number of amides is 2. The average molecular weight is 369 g/mol. The zero-order chi connectivity index (χ0) is 18.8. The summed E-state index contributed by atoms with van der Waals surface area (Å²) >= 11 is 0. The lowest BCUT2D eigenvalue weighted by Crippen LogP contribution is -2.52. The van der Waals surface area contributed by atoms with Crippen LogP contribution in [0.25, 0.3) is 0 Å². The molecule has 1 aliphatic heterocycles. The summed E-state index contributed by atoms with van der Waals surface area (Å²) in [5.74, 6) is -0.423. The lowest BCUT2D eigenvalue weighted by atomic mass is 9.95. The third-order valence-electron chi connectivity index (χ3n) is 5.21. The quantitative estimate of drug-likeness (QED) is 0.834. The zero-order valence-electron chi connectivity index (χ0n) is 15.3. The molecule has 27 heavy (non-hydrogen) atoms. The van der Waals surface area contributed by atoms with E-state index in [9.17, 15) is 9.59 Å². The van der Waals surface area contributed by atoms with E-state index in [4.69, 9.17) is 4.74 Å². The normalized spacial score (nSPS) is 22.0. The highest BCUT2D eigenvalue weighted by Crippen LogP contribution is 2.26. The van der Waals surface area contributed by atoms with E-state index in [0.717, 1.165) is 30.5 Å². The molecule has 2 N–H and O–H groups in total. The first-order chi connectivity index (χ1) is 13.1. The molecule has 0 spiro atoms. The standard InChI is InChI=1S/C19H23N5O3/c1-24(10-15-13-6-2-3-7-14(13)22-23-15)19(26)18-17(21-16(25)11-27-18)12-5-4-8-20-9-12/h4-5,8-9,17-18H,2-3,6-7,10-11H2,1H3,(H,21,25)(H,22,23)/t17-,18+/m1/s1. The fourth-order valence-electron chi connectivity index (χ4n) is 3.78. The van der Waals surface area contributed by atoms with Gasteiger partial charge in [0.25, 0.3) is 5.91 Å². The molecule has 8 heteroatoms. The number of fused-ring (bicyclic) bond motifs is 1. The van der Waals surface area contributed by atoms with Crippen molar-refractivity contribution in [2.75, 3.05) is 13.7 Å². The second-order valence-electron chi connectivity index (χ2n) is 7.09. The number of aromatic nitrogens is 3. The van der Waals surface area contributed by atoms with E-state index in [1.54, 1.807) is 30.4 Å². The third-order valence-corrected chi connectivity index (χ3v) is 5.21. The van der Waals surface area contributed by atoms with Crippen LogP contribution in [0.1, 0.15) is 41.4 Å². The summed E-state index contributed by atoms with van der Waals surface area (Å²) in [4.78, 5) is 30.6. The first-order valence-electron chi connectivity index (χ1n) is 9.24. The molecule has 1 saturated heterocycles. The minimum atomic E-state index is -0.785. The lowest BCUT2D eigenvalue weighted by Gasteiger charge is -2.33. The number of H-pyrrole nitrogens is 1. The summed E-state index contributed by atoms with van der Waals surface area (Å²) < 4.78 is 5.61. The molecule has 2 aromatic rings.